The van der Waals surface area contributed by atoms with E-state index in [1.807, 2.05) is 6.07 Å². The van der Waals surface area contributed by atoms with E-state index in [-0.39, 0.29) is 12.5 Å². The number of aromatic amines is 2. The molecule has 2 heterocycles. The highest BCUT2D eigenvalue weighted by atomic mass is 16.5. The van der Waals surface area contributed by atoms with Crippen LogP contribution >= 0.6 is 0 Å². The quantitative estimate of drug-likeness (QED) is 0.512. The number of amides is 1. The summed E-state index contributed by atoms with van der Waals surface area (Å²) in [7, 11) is 0. The van der Waals surface area contributed by atoms with Crippen molar-refractivity contribution in [2.75, 3.05) is 5.32 Å². The van der Waals surface area contributed by atoms with Crippen molar-refractivity contribution in [3.63, 3.8) is 0 Å². The molecule has 4 rings (SSSR count). The summed E-state index contributed by atoms with van der Waals surface area (Å²) in [4.78, 5) is 12.4. The molecule has 0 aliphatic heterocycles. The predicted octanol–water partition coefficient (Wildman–Crippen LogP) is 1.91. The molecule has 0 fully saturated rings. The Hall–Kier alpha value is -3.75. The Morgan fingerprint density at radius 1 is 1.20 bits per heavy atom. The lowest BCUT2D eigenvalue weighted by atomic mass is 10.1. The molecule has 0 spiro atoms. The Kier molecular flexibility index (Phi) is 3.79. The number of nitrogens with zero attached hydrogens (tertiary/aromatic N) is 4. The number of anilines is 1. The molecule has 0 radical (unpaired) electrons. The molecule has 0 saturated heterocycles. The number of hydrogen-bond donors (Lipinski definition) is 3. The Balaban J connectivity index is 1.46. The lowest BCUT2D eigenvalue weighted by Crippen LogP contribution is -2.11. The summed E-state index contributed by atoms with van der Waals surface area (Å²) in [6.07, 6.45) is 1.68. The van der Waals surface area contributed by atoms with Gasteiger partial charge in [-0.3, -0.25) is 9.89 Å². The molecule has 0 saturated carbocycles. The van der Waals surface area contributed by atoms with E-state index in [2.05, 4.69) is 36.1 Å². The summed E-state index contributed by atoms with van der Waals surface area (Å²) in [5.74, 6) is 0.828. The van der Waals surface area contributed by atoms with Gasteiger partial charge in [0.15, 0.2) is 6.61 Å². The first-order chi connectivity index (χ1) is 12.3. The van der Waals surface area contributed by atoms with Crippen LogP contribution in [0.25, 0.3) is 10.9 Å². The number of ether oxygens (including phenoxy) is 1. The van der Waals surface area contributed by atoms with E-state index < -0.39 is 0 Å². The van der Waals surface area contributed by atoms with E-state index in [1.54, 1.807) is 42.6 Å². The smallest absolute Gasteiger partial charge is 0.255 e. The lowest BCUT2D eigenvalue weighted by Gasteiger charge is -2.08. The molecule has 1 amide bonds. The summed E-state index contributed by atoms with van der Waals surface area (Å²) in [6.45, 7) is 0.186. The molecule has 124 valence electrons. The highest BCUT2D eigenvalue weighted by Gasteiger charge is 2.08. The number of tetrazole rings is 1. The zero-order valence-electron chi connectivity index (χ0n) is 12.9. The molecule has 9 heteroatoms. The van der Waals surface area contributed by atoms with Gasteiger partial charge < -0.3 is 10.1 Å². The first-order valence-corrected chi connectivity index (χ1v) is 7.47. The van der Waals surface area contributed by atoms with Crippen molar-refractivity contribution in [1.29, 1.82) is 0 Å². The van der Waals surface area contributed by atoms with Gasteiger partial charge in [0.25, 0.3) is 5.91 Å². The van der Waals surface area contributed by atoms with Gasteiger partial charge in [0.05, 0.1) is 11.7 Å². The average molecular weight is 335 g/mol. The monoisotopic (exact) mass is 335 g/mol. The summed E-state index contributed by atoms with van der Waals surface area (Å²) < 4.78 is 5.58. The minimum absolute atomic E-state index is 0.186. The number of benzene rings is 2. The van der Waals surface area contributed by atoms with Crippen molar-refractivity contribution < 1.29 is 9.53 Å². The zero-order valence-corrected chi connectivity index (χ0v) is 12.9. The fourth-order valence-corrected chi connectivity index (χ4v) is 2.34. The number of aromatic nitrogens is 6. The minimum atomic E-state index is -0.210. The molecular weight excluding hydrogens is 322 g/mol. The van der Waals surface area contributed by atoms with Gasteiger partial charge in [0, 0.05) is 22.7 Å². The molecule has 9 nitrogen and oxygen atoms in total. The average Bonchev–Trinajstić information content (AvgIpc) is 3.31. The summed E-state index contributed by atoms with van der Waals surface area (Å²) in [5.41, 5.74) is 2.06. The molecule has 0 unspecified atom stereocenters. The number of H-pyrrole nitrogens is 2. The first kappa shape index (κ1) is 14.8. The maximum Gasteiger partial charge on any atom is 0.255 e. The molecule has 0 bridgehead atoms. The van der Waals surface area contributed by atoms with E-state index in [0.29, 0.717) is 22.8 Å². The third-order valence-corrected chi connectivity index (χ3v) is 3.55. The Morgan fingerprint density at radius 2 is 2.16 bits per heavy atom. The number of nitrogens with one attached hydrogen (secondary N) is 3. The largest absolute Gasteiger partial charge is 0.485 e. The fourth-order valence-electron chi connectivity index (χ4n) is 2.34. The van der Waals surface area contributed by atoms with Crippen LogP contribution in [0.2, 0.25) is 0 Å². The Morgan fingerprint density at radius 3 is 3.04 bits per heavy atom. The van der Waals surface area contributed by atoms with Crippen LogP contribution in [0.15, 0.2) is 48.7 Å². The number of carbonyl (C=O) groups excluding carboxylic acids is 1. The van der Waals surface area contributed by atoms with Gasteiger partial charge in [-0.2, -0.15) is 10.3 Å². The molecule has 0 aliphatic carbocycles. The van der Waals surface area contributed by atoms with Crippen LogP contribution in [0.5, 0.6) is 5.75 Å². The highest BCUT2D eigenvalue weighted by molar-refractivity contribution is 6.06. The standard InChI is InChI=1S/C16H13N7O2/c24-16(10-4-5-14-11(6-10)8-17-19-14)18-12-2-1-3-13(7-12)25-9-15-20-22-23-21-15/h1-8H,9H2,(H,17,19)(H,18,24)(H,20,21,22,23). The van der Waals surface area contributed by atoms with E-state index in [9.17, 15) is 4.79 Å². The molecule has 4 aromatic rings. The van der Waals surface area contributed by atoms with Crippen LogP contribution < -0.4 is 10.1 Å². The highest BCUT2D eigenvalue weighted by Crippen LogP contribution is 2.20. The molecular formula is C16H13N7O2. The fraction of sp³-hybridized carbons (Fsp3) is 0.0625. The van der Waals surface area contributed by atoms with Gasteiger partial charge in [-0.05, 0) is 30.3 Å². The normalized spacial score (nSPS) is 10.7. The van der Waals surface area contributed by atoms with Crippen LogP contribution in [0.4, 0.5) is 5.69 Å². The lowest BCUT2D eigenvalue weighted by molar-refractivity contribution is 0.102. The van der Waals surface area contributed by atoms with Gasteiger partial charge in [-0.15, -0.1) is 10.2 Å². The number of fused-ring (bicyclic) bond motifs is 1. The van der Waals surface area contributed by atoms with E-state index in [1.165, 1.54) is 0 Å². The summed E-state index contributed by atoms with van der Waals surface area (Å²) in [5, 5.41) is 24.0. The van der Waals surface area contributed by atoms with Gasteiger partial charge in [-0.25, -0.2) is 0 Å². The Labute approximate surface area is 141 Å². The minimum Gasteiger partial charge on any atom is -0.485 e. The molecule has 3 N–H and O–H groups in total. The molecule has 2 aromatic carbocycles. The maximum absolute atomic E-state index is 12.4. The predicted molar refractivity (Wildman–Crippen MR) is 89.0 cm³/mol. The van der Waals surface area contributed by atoms with Crippen molar-refractivity contribution in [3.8, 4) is 5.75 Å². The van der Waals surface area contributed by atoms with Crippen molar-refractivity contribution >= 4 is 22.5 Å². The molecule has 2 aromatic heterocycles. The van der Waals surface area contributed by atoms with Gasteiger partial charge in [0.1, 0.15) is 5.75 Å². The van der Waals surface area contributed by atoms with Crippen molar-refractivity contribution in [1.82, 2.24) is 30.8 Å². The topological polar surface area (TPSA) is 121 Å². The molecule has 0 aliphatic rings. The second-order valence-electron chi connectivity index (χ2n) is 5.27. The zero-order chi connectivity index (χ0) is 17.1. The first-order valence-electron chi connectivity index (χ1n) is 7.47. The van der Waals surface area contributed by atoms with Gasteiger partial charge in [-0.1, -0.05) is 11.3 Å². The van der Waals surface area contributed by atoms with Crippen molar-refractivity contribution in [3.05, 3.63) is 60.0 Å². The van der Waals surface area contributed by atoms with Crippen LogP contribution in [-0.4, -0.2) is 36.7 Å². The van der Waals surface area contributed by atoms with Gasteiger partial charge >= 0.3 is 0 Å². The van der Waals surface area contributed by atoms with Crippen LogP contribution in [0.3, 0.4) is 0 Å². The van der Waals surface area contributed by atoms with Crippen molar-refractivity contribution in [2.45, 2.75) is 6.61 Å². The SMILES string of the molecule is O=C(Nc1cccc(OCc2nn[nH]n2)c1)c1ccc2[nH]ncc2c1. The number of rotatable bonds is 5. The van der Waals surface area contributed by atoms with Crippen LogP contribution in [0, 0.1) is 0 Å². The third-order valence-electron chi connectivity index (χ3n) is 3.55. The van der Waals surface area contributed by atoms with E-state index in [4.69, 9.17) is 4.74 Å². The second kappa shape index (κ2) is 6.40. The van der Waals surface area contributed by atoms with E-state index in [0.717, 1.165) is 10.9 Å². The van der Waals surface area contributed by atoms with Crippen LogP contribution in [0.1, 0.15) is 16.2 Å². The number of hydrogen-bond acceptors (Lipinski definition) is 6. The van der Waals surface area contributed by atoms with E-state index >= 15 is 0 Å². The Bertz CT molecular complexity index is 1010. The number of carbonyl (C=O) groups is 1. The van der Waals surface area contributed by atoms with Crippen LogP contribution in [-0.2, 0) is 6.61 Å². The summed E-state index contributed by atoms with van der Waals surface area (Å²) >= 11 is 0. The second-order valence-corrected chi connectivity index (χ2v) is 5.27. The summed E-state index contributed by atoms with van der Waals surface area (Å²) in [6, 6.07) is 12.4. The maximum atomic E-state index is 12.4. The molecule has 0 atom stereocenters. The molecule has 25 heavy (non-hydrogen) atoms. The van der Waals surface area contributed by atoms with Gasteiger partial charge in [0.2, 0.25) is 5.82 Å². The third kappa shape index (κ3) is 3.29. The van der Waals surface area contributed by atoms with Crippen molar-refractivity contribution in [2.24, 2.45) is 0 Å².